The van der Waals surface area contributed by atoms with Gasteiger partial charge in [0.05, 0.1) is 28.7 Å². The highest BCUT2D eigenvalue weighted by atomic mass is 19.3. The van der Waals surface area contributed by atoms with E-state index in [4.69, 9.17) is 0 Å². The maximum atomic E-state index is 14.3. The molecule has 0 unspecified atom stereocenters. The third kappa shape index (κ3) is 4.91. The monoisotopic (exact) mass is 621 g/mol. The van der Waals surface area contributed by atoms with E-state index in [-0.39, 0.29) is 93.2 Å². The number of likely N-dealkylation sites (tertiary alicyclic amines) is 1. The van der Waals surface area contributed by atoms with Gasteiger partial charge in [0.25, 0.3) is 5.91 Å². The summed E-state index contributed by atoms with van der Waals surface area (Å²) in [7, 11) is 0. The number of hydrogen-bond donors (Lipinski definition) is 2. The molecule has 1 saturated heterocycles. The molecule has 3 aromatic rings. The Morgan fingerprint density at radius 2 is 1.77 bits per heavy atom. The van der Waals surface area contributed by atoms with Crippen LogP contribution < -0.4 is 5.32 Å². The Kier molecular flexibility index (Phi) is 6.74. The Labute approximate surface area is 248 Å². The van der Waals surface area contributed by atoms with Gasteiger partial charge in [-0.05, 0) is 75.1 Å². The third-order valence-corrected chi connectivity index (χ3v) is 10.1. The summed E-state index contributed by atoms with van der Waals surface area (Å²) in [5.41, 5.74) is -0.699. The van der Waals surface area contributed by atoms with Crippen LogP contribution in [0.4, 0.5) is 22.0 Å². The maximum absolute atomic E-state index is 14.3. The minimum absolute atomic E-state index is 0.0100. The molecule has 2 bridgehead atoms. The summed E-state index contributed by atoms with van der Waals surface area (Å²) in [5.74, 6) is -4.59. The van der Waals surface area contributed by atoms with Crippen molar-refractivity contribution in [3.8, 4) is 0 Å². The van der Waals surface area contributed by atoms with Gasteiger partial charge in [-0.15, -0.1) is 0 Å². The number of fused-ring (bicyclic) bond motifs is 1. The summed E-state index contributed by atoms with van der Waals surface area (Å²) in [6.45, 7) is 1.68. The highest BCUT2D eigenvalue weighted by molar-refractivity contribution is 5.93. The number of rotatable bonds is 7. The lowest BCUT2D eigenvalue weighted by Gasteiger charge is -2.65. The standard InChI is InChI=1S/C29H32F5N7O3/c1-14-20(40-44-39-14)25(42)37-21(15-4-7-29(33,34)8-5-15)24-36-18-3-2-17(35-23(18)38-24)19-10-16(22(30)31)6-9-41(19)26(43)27-11-28(32,12-27)13-27/h2-3,15-16,19,21-22H,4-13H2,1H3,(H,37,42)(H,35,36,38)/t16-,19-,21+,27?,28?/m1/s1. The fourth-order valence-electron chi connectivity index (χ4n) is 7.65. The van der Waals surface area contributed by atoms with Gasteiger partial charge in [0.15, 0.2) is 11.3 Å². The lowest BCUT2D eigenvalue weighted by atomic mass is 9.41. The average Bonchev–Trinajstić information content (AvgIpc) is 3.58. The molecule has 5 aliphatic rings. The SMILES string of the molecule is Cc1nonc1C(=O)N[C@H](c1nc2nc([C@H]3C[C@H](C(F)F)CCN3C(=O)C34CC(F)(C3)C4)ccc2[nH]1)C1CCC(F)(F)CC1. The zero-order valence-electron chi connectivity index (χ0n) is 24.0. The Morgan fingerprint density at radius 1 is 1.05 bits per heavy atom. The fraction of sp³-hybridized carbons (Fsp3) is 0.655. The van der Waals surface area contributed by atoms with E-state index < -0.39 is 47.3 Å². The molecule has 0 radical (unpaired) electrons. The number of carbonyl (C=O) groups is 2. The molecule has 15 heteroatoms. The van der Waals surface area contributed by atoms with Crippen LogP contribution in [0.5, 0.6) is 0 Å². The van der Waals surface area contributed by atoms with Crippen molar-refractivity contribution in [3.63, 3.8) is 0 Å². The van der Waals surface area contributed by atoms with Gasteiger partial charge in [0, 0.05) is 25.3 Å². The van der Waals surface area contributed by atoms with Crippen molar-refractivity contribution in [3.05, 3.63) is 35.0 Å². The van der Waals surface area contributed by atoms with Crippen molar-refractivity contribution >= 4 is 23.0 Å². The first-order valence-corrected chi connectivity index (χ1v) is 15.0. The summed E-state index contributed by atoms with van der Waals surface area (Å²) in [4.78, 5) is 40.7. The van der Waals surface area contributed by atoms with Crippen LogP contribution in [0.25, 0.3) is 11.2 Å². The number of imidazole rings is 1. The number of hydrogen-bond acceptors (Lipinski definition) is 7. The van der Waals surface area contributed by atoms with Crippen LogP contribution in [-0.4, -0.2) is 66.5 Å². The van der Waals surface area contributed by atoms with E-state index in [2.05, 4.69) is 35.2 Å². The smallest absolute Gasteiger partial charge is 0.276 e. The highest BCUT2D eigenvalue weighted by Crippen LogP contribution is 2.70. The van der Waals surface area contributed by atoms with Gasteiger partial charge >= 0.3 is 0 Å². The topological polar surface area (TPSA) is 130 Å². The molecule has 4 saturated carbocycles. The number of halogens is 5. The van der Waals surface area contributed by atoms with Crippen molar-refractivity contribution in [2.24, 2.45) is 17.3 Å². The van der Waals surface area contributed by atoms with Crippen LogP contribution in [0.15, 0.2) is 16.8 Å². The average molecular weight is 622 g/mol. The number of pyridine rings is 1. The molecule has 236 valence electrons. The van der Waals surface area contributed by atoms with E-state index in [9.17, 15) is 31.5 Å². The summed E-state index contributed by atoms with van der Waals surface area (Å²) in [6, 6.07) is 1.81. The minimum atomic E-state index is -2.79. The number of nitrogens with zero attached hydrogens (tertiary/aromatic N) is 5. The first-order chi connectivity index (χ1) is 20.9. The lowest BCUT2D eigenvalue weighted by molar-refractivity contribution is -0.225. The number of aryl methyl sites for hydroxylation is 1. The molecule has 5 fully saturated rings. The zero-order valence-corrected chi connectivity index (χ0v) is 24.0. The molecule has 2 amide bonds. The highest BCUT2D eigenvalue weighted by Gasteiger charge is 2.73. The molecule has 10 nitrogen and oxygen atoms in total. The lowest BCUT2D eigenvalue weighted by Crippen LogP contribution is -2.70. The molecule has 8 rings (SSSR count). The Morgan fingerprint density at radius 3 is 2.41 bits per heavy atom. The van der Waals surface area contributed by atoms with Crippen molar-refractivity contribution in [2.45, 2.75) is 94.8 Å². The second kappa shape index (κ2) is 10.2. The van der Waals surface area contributed by atoms with Crippen LogP contribution in [0, 0.1) is 24.2 Å². The van der Waals surface area contributed by atoms with Crippen molar-refractivity contribution in [1.82, 2.24) is 35.5 Å². The normalized spacial score (nSPS) is 30.6. The van der Waals surface area contributed by atoms with Gasteiger partial charge in [0.2, 0.25) is 18.3 Å². The minimum Gasteiger partial charge on any atom is -0.340 e. The molecule has 0 aromatic carbocycles. The summed E-state index contributed by atoms with van der Waals surface area (Å²) >= 11 is 0. The second-order valence-corrected chi connectivity index (χ2v) is 13.2. The van der Waals surface area contributed by atoms with E-state index in [1.807, 2.05) is 0 Å². The molecule has 1 aliphatic heterocycles. The van der Waals surface area contributed by atoms with E-state index >= 15 is 0 Å². The van der Waals surface area contributed by atoms with Gasteiger partial charge in [-0.3, -0.25) is 9.59 Å². The van der Waals surface area contributed by atoms with E-state index in [1.54, 1.807) is 24.0 Å². The number of nitrogens with one attached hydrogen (secondary N) is 2. The van der Waals surface area contributed by atoms with E-state index in [1.165, 1.54) is 0 Å². The number of aromatic amines is 1. The number of piperidine rings is 1. The van der Waals surface area contributed by atoms with E-state index in [0.29, 0.717) is 17.0 Å². The number of alkyl halides is 5. The van der Waals surface area contributed by atoms with Crippen molar-refractivity contribution in [1.29, 1.82) is 0 Å². The van der Waals surface area contributed by atoms with Crippen LogP contribution in [0.2, 0.25) is 0 Å². The Hall–Kier alpha value is -3.65. The van der Waals surface area contributed by atoms with Crippen LogP contribution in [0.1, 0.15) is 97.6 Å². The van der Waals surface area contributed by atoms with Gasteiger partial charge in [0.1, 0.15) is 17.2 Å². The van der Waals surface area contributed by atoms with Gasteiger partial charge < -0.3 is 15.2 Å². The molecule has 3 aromatic heterocycles. The zero-order chi connectivity index (χ0) is 31.0. The summed E-state index contributed by atoms with van der Waals surface area (Å²) in [6.07, 6.45) is -2.30. The molecule has 4 aliphatic carbocycles. The third-order valence-electron chi connectivity index (χ3n) is 10.1. The maximum Gasteiger partial charge on any atom is 0.276 e. The molecular formula is C29H32F5N7O3. The predicted molar refractivity (Wildman–Crippen MR) is 143 cm³/mol. The molecule has 4 heterocycles. The first-order valence-electron chi connectivity index (χ1n) is 15.0. The number of H-pyrrole nitrogens is 1. The molecule has 2 N–H and O–H groups in total. The van der Waals surface area contributed by atoms with Gasteiger partial charge in [-0.2, -0.15) is 0 Å². The van der Waals surface area contributed by atoms with Crippen LogP contribution >= 0.6 is 0 Å². The Balaban J connectivity index is 1.19. The number of amides is 2. The fourth-order valence-corrected chi connectivity index (χ4v) is 7.65. The molecule has 44 heavy (non-hydrogen) atoms. The molecular weight excluding hydrogens is 589 g/mol. The predicted octanol–water partition coefficient (Wildman–Crippen LogP) is 5.38. The number of carbonyl (C=O) groups excluding carboxylic acids is 2. The summed E-state index contributed by atoms with van der Waals surface area (Å²) < 4.78 is 74.6. The van der Waals surface area contributed by atoms with Crippen molar-refractivity contribution < 1.29 is 36.2 Å². The Bertz CT molecular complexity index is 1580. The van der Waals surface area contributed by atoms with Gasteiger partial charge in [-0.25, -0.2) is 36.5 Å². The van der Waals surface area contributed by atoms with Gasteiger partial charge in [-0.1, -0.05) is 5.16 Å². The second-order valence-electron chi connectivity index (χ2n) is 13.2. The van der Waals surface area contributed by atoms with Crippen LogP contribution in [0.3, 0.4) is 0 Å². The molecule has 3 atom stereocenters. The first kappa shape index (κ1) is 29.1. The number of aromatic nitrogens is 5. The summed E-state index contributed by atoms with van der Waals surface area (Å²) in [5, 5.41) is 10.1. The van der Waals surface area contributed by atoms with Crippen LogP contribution in [-0.2, 0) is 4.79 Å². The molecule has 0 spiro atoms. The largest absolute Gasteiger partial charge is 0.340 e. The van der Waals surface area contributed by atoms with E-state index in [0.717, 1.165) is 0 Å². The quantitative estimate of drug-likeness (QED) is 0.339. The van der Waals surface area contributed by atoms with Crippen molar-refractivity contribution in [2.75, 3.05) is 6.54 Å².